The number of nitrogens with zero attached hydrogens (tertiary/aromatic N) is 1. The van der Waals surface area contributed by atoms with E-state index in [2.05, 4.69) is 10.6 Å². The van der Waals surface area contributed by atoms with Gasteiger partial charge in [0.2, 0.25) is 0 Å². The Bertz CT molecular complexity index is 301. The van der Waals surface area contributed by atoms with Gasteiger partial charge >= 0.3 is 12.0 Å². The van der Waals surface area contributed by atoms with Crippen LogP contribution < -0.4 is 10.6 Å². The molecule has 1 unspecified atom stereocenters. The Labute approximate surface area is 108 Å². The standard InChI is InChI=1S/C12H23N3O3/c1-8(2)10(11(16)17)14-12(18)15(3)9-4-6-13-7-5-9/h8-10,13H,4-7H2,1-3H3,(H,14,18)(H,16,17). The van der Waals surface area contributed by atoms with Crippen LogP contribution in [0.3, 0.4) is 0 Å². The van der Waals surface area contributed by atoms with Crippen molar-refractivity contribution in [2.45, 2.75) is 38.8 Å². The Morgan fingerprint density at radius 3 is 2.33 bits per heavy atom. The molecule has 3 N–H and O–H groups in total. The van der Waals surface area contributed by atoms with Gasteiger partial charge in [-0.15, -0.1) is 0 Å². The first-order chi connectivity index (χ1) is 8.43. The maximum atomic E-state index is 12.0. The molecule has 0 radical (unpaired) electrons. The number of aliphatic carboxylic acids is 1. The second-order valence-corrected chi connectivity index (χ2v) is 5.10. The fourth-order valence-electron chi connectivity index (χ4n) is 2.11. The first kappa shape index (κ1) is 14.8. The first-order valence-electron chi connectivity index (χ1n) is 6.40. The Morgan fingerprint density at radius 2 is 1.89 bits per heavy atom. The van der Waals surface area contributed by atoms with Crippen LogP contribution in [0.1, 0.15) is 26.7 Å². The van der Waals surface area contributed by atoms with E-state index in [0.29, 0.717) is 0 Å². The maximum absolute atomic E-state index is 12.0. The summed E-state index contributed by atoms with van der Waals surface area (Å²) in [5, 5.41) is 14.9. The van der Waals surface area contributed by atoms with Gasteiger partial charge in [-0.3, -0.25) is 0 Å². The van der Waals surface area contributed by atoms with Gasteiger partial charge in [-0.05, 0) is 31.8 Å². The van der Waals surface area contributed by atoms with Crippen LogP contribution in [-0.2, 0) is 4.79 Å². The highest BCUT2D eigenvalue weighted by Crippen LogP contribution is 2.11. The van der Waals surface area contributed by atoms with Crippen molar-refractivity contribution in [3.63, 3.8) is 0 Å². The number of rotatable bonds is 4. The number of hydrogen-bond acceptors (Lipinski definition) is 3. The molecule has 18 heavy (non-hydrogen) atoms. The van der Waals surface area contributed by atoms with Crippen LogP contribution in [0.25, 0.3) is 0 Å². The summed E-state index contributed by atoms with van der Waals surface area (Å²) in [6.07, 6.45) is 1.81. The normalized spacial score (nSPS) is 18.4. The van der Waals surface area contributed by atoms with E-state index in [1.165, 1.54) is 0 Å². The number of carbonyl (C=O) groups excluding carboxylic acids is 1. The zero-order chi connectivity index (χ0) is 13.7. The van der Waals surface area contributed by atoms with E-state index in [9.17, 15) is 9.59 Å². The third-order valence-electron chi connectivity index (χ3n) is 3.39. The smallest absolute Gasteiger partial charge is 0.326 e. The second kappa shape index (κ2) is 6.58. The fraction of sp³-hybridized carbons (Fsp3) is 0.833. The summed E-state index contributed by atoms with van der Waals surface area (Å²) < 4.78 is 0. The van der Waals surface area contributed by atoms with Crippen LogP contribution in [0.2, 0.25) is 0 Å². The molecule has 1 aliphatic heterocycles. The lowest BCUT2D eigenvalue weighted by Crippen LogP contribution is -2.53. The Balaban J connectivity index is 2.54. The van der Waals surface area contributed by atoms with Crippen molar-refractivity contribution in [3.05, 3.63) is 0 Å². The van der Waals surface area contributed by atoms with Gasteiger partial charge in [-0.1, -0.05) is 13.8 Å². The van der Waals surface area contributed by atoms with Gasteiger partial charge in [0.25, 0.3) is 0 Å². The Hall–Kier alpha value is -1.30. The quantitative estimate of drug-likeness (QED) is 0.684. The van der Waals surface area contributed by atoms with Crippen LogP contribution >= 0.6 is 0 Å². The second-order valence-electron chi connectivity index (χ2n) is 5.10. The molecular formula is C12H23N3O3. The summed E-state index contributed by atoms with van der Waals surface area (Å²) >= 11 is 0. The van der Waals surface area contributed by atoms with Crippen molar-refractivity contribution < 1.29 is 14.7 Å². The largest absolute Gasteiger partial charge is 0.480 e. The summed E-state index contributed by atoms with van der Waals surface area (Å²) in [4.78, 5) is 24.6. The number of nitrogens with one attached hydrogen (secondary N) is 2. The third kappa shape index (κ3) is 3.87. The minimum atomic E-state index is -0.989. The molecule has 0 aromatic rings. The monoisotopic (exact) mass is 257 g/mol. The van der Waals surface area contributed by atoms with E-state index >= 15 is 0 Å². The molecule has 1 atom stereocenters. The van der Waals surface area contributed by atoms with Gasteiger partial charge < -0.3 is 20.6 Å². The highest BCUT2D eigenvalue weighted by molar-refractivity contribution is 5.82. The van der Waals surface area contributed by atoms with Crippen LogP contribution in [-0.4, -0.2) is 54.2 Å². The number of piperidine rings is 1. The molecule has 104 valence electrons. The predicted molar refractivity (Wildman–Crippen MR) is 68.4 cm³/mol. The number of carboxylic acid groups (broad SMARTS) is 1. The SMILES string of the molecule is CC(C)C(NC(=O)N(C)C1CCNCC1)C(=O)O. The molecule has 1 rings (SSSR count). The highest BCUT2D eigenvalue weighted by atomic mass is 16.4. The van der Waals surface area contributed by atoms with E-state index in [1.54, 1.807) is 25.8 Å². The topological polar surface area (TPSA) is 81.7 Å². The molecule has 6 nitrogen and oxygen atoms in total. The number of carbonyl (C=O) groups is 2. The van der Waals surface area contributed by atoms with E-state index in [-0.39, 0.29) is 18.0 Å². The molecule has 6 heteroatoms. The zero-order valence-corrected chi connectivity index (χ0v) is 11.3. The van der Waals surface area contributed by atoms with Gasteiger partial charge in [0, 0.05) is 13.1 Å². The van der Waals surface area contributed by atoms with Crippen molar-refractivity contribution in [1.29, 1.82) is 0 Å². The van der Waals surface area contributed by atoms with Crippen LogP contribution in [0.5, 0.6) is 0 Å². The van der Waals surface area contributed by atoms with Crippen LogP contribution in [0.15, 0.2) is 0 Å². The molecule has 1 saturated heterocycles. The van der Waals surface area contributed by atoms with Gasteiger partial charge in [-0.25, -0.2) is 9.59 Å². The lowest BCUT2D eigenvalue weighted by molar-refractivity contribution is -0.140. The minimum absolute atomic E-state index is 0.132. The van der Waals surface area contributed by atoms with E-state index in [0.717, 1.165) is 25.9 Å². The van der Waals surface area contributed by atoms with Crippen molar-refractivity contribution in [3.8, 4) is 0 Å². The molecule has 0 aromatic carbocycles. The molecule has 1 aliphatic rings. The van der Waals surface area contributed by atoms with Crippen molar-refractivity contribution >= 4 is 12.0 Å². The number of hydrogen-bond donors (Lipinski definition) is 3. The maximum Gasteiger partial charge on any atom is 0.326 e. The third-order valence-corrected chi connectivity index (χ3v) is 3.39. The van der Waals surface area contributed by atoms with Gasteiger partial charge in [0.15, 0.2) is 0 Å². The van der Waals surface area contributed by atoms with Gasteiger partial charge in [0.05, 0.1) is 0 Å². The molecule has 0 aliphatic carbocycles. The highest BCUT2D eigenvalue weighted by Gasteiger charge is 2.27. The molecule has 0 bridgehead atoms. The Morgan fingerprint density at radius 1 is 1.33 bits per heavy atom. The number of urea groups is 1. The van der Waals surface area contributed by atoms with Crippen molar-refractivity contribution in [2.75, 3.05) is 20.1 Å². The molecular weight excluding hydrogens is 234 g/mol. The lowest BCUT2D eigenvalue weighted by atomic mass is 10.0. The minimum Gasteiger partial charge on any atom is -0.480 e. The van der Waals surface area contributed by atoms with Gasteiger partial charge in [0.1, 0.15) is 6.04 Å². The number of amides is 2. The van der Waals surface area contributed by atoms with Crippen LogP contribution in [0.4, 0.5) is 4.79 Å². The average Bonchev–Trinajstić information content (AvgIpc) is 2.35. The average molecular weight is 257 g/mol. The molecule has 1 fully saturated rings. The summed E-state index contributed by atoms with van der Waals surface area (Å²) in [6, 6.07) is -0.947. The van der Waals surface area contributed by atoms with E-state index in [1.807, 2.05) is 0 Å². The first-order valence-corrected chi connectivity index (χ1v) is 6.40. The fourth-order valence-corrected chi connectivity index (χ4v) is 2.11. The van der Waals surface area contributed by atoms with Crippen LogP contribution in [0, 0.1) is 5.92 Å². The summed E-state index contributed by atoms with van der Waals surface area (Å²) in [5.41, 5.74) is 0. The lowest BCUT2D eigenvalue weighted by Gasteiger charge is -2.32. The zero-order valence-electron chi connectivity index (χ0n) is 11.3. The van der Waals surface area contributed by atoms with Crippen molar-refractivity contribution in [2.24, 2.45) is 5.92 Å². The summed E-state index contributed by atoms with van der Waals surface area (Å²) in [7, 11) is 1.73. The summed E-state index contributed by atoms with van der Waals surface area (Å²) in [5.74, 6) is -1.12. The Kier molecular flexibility index (Phi) is 5.40. The molecule has 0 aromatic heterocycles. The van der Waals surface area contributed by atoms with Gasteiger partial charge in [-0.2, -0.15) is 0 Å². The van der Waals surface area contributed by atoms with Crippen molar-refractivity contribution in [1.82, 2.24) is 15.5 Å². The predicted octanol–water partition coefficient (Wildman–Crippen LogP) is 0.489. The van der Waals surface area contributed by atoms with E-state index in [4.69, 9.17) is 5.11 Å². The molecule has 0 spiro atoms. The molecule has 0 saturated carbocycles. The molecule has 1 heterocycles. The number of carboxylic acids is 1. The molecule has 2 amide bonds. The summed E-state index contributed by atoms with van der Waals surface area (Å²) in [6.45, 7) is 5.36. The van der Waals surface area contributed by atoms with E-state index < -0.39 is 12.0 Å².